The molecule has 1 aromatic heterocycles. The number of nitrogens with one attached hydrogen (secondary N) is 2. The average Bonchev–Trinajstić information content (AvgIpc) is 3.08. The number of aryl methyl sites for hydroxylation is 1. The molecule has 7 heteroatoms. The topological polar surface area (TPSA) is 80.3 Å². The molecule has 1 heterocycles. The summed E-state index contributed by atoms with van der Waals surface area (Å²) in [5.74, 6) is -0.275. The van der Waals surface area contributed by atoms with Crippen molar-refractivity contribution in [3.63, 3.8) is 0 Å². The van der Waals surface area contributed by atoms with Gasteiger partial charge in [0.2, 0.25) is 0 Å². The predicted octanol–water partition coefficient (Wildman–Crippen LogP) is 2.96. The molecular formula is C19H17N3O3S. The fraction of sp³-hybridized carbons (Fsp3) is 0.105. The first-order valence-electron chi connectivity index (χ1n) is 7.93. The highest BCUT2D eigenvalue weighted by Crippen LogP contribution is 2.27. The van der Waals surface area contributed by atoms with Crippen molar-refractivity contribution in [2.45, 2.75) is 6.92 Å². The molecule has 0 atom stereocenters. The highest BCUT2D eigenvalue weighted by molar-refractivity contribution is 7.17. The van der Waals surface area contributed by atoms with Crippen molar-refractivity contribution in [1.82, 2.24) is 15.8 Å². The van der Waals surface area contributed by atoms with Gasteiger partial charge >= 0.3 is 0 Å². The molecule has 26 heavy (non-hydrogen) atoms. The first-order valence-corrected chi connectivity index (χ1v) is 8.75. The smallest absolute Gasteiger partial charge is 0.281 e. The third-order valence-corrected chi connectivity index (χ3v) is 4.66. The lowest BCUT2D eigenvalue weighted by atomic mass is 10.2. The normalized spacial score (nSPS) is 10.2. The average molecular weight is 367 g/mol. The summed E-state index contributed by atoms with van der Waals surface area (Å²) >= 11 is 1.28. The Morgan fingerprint density at radius 2 is 1.65 bits per heavy atom. The number of ether oxygens (including phenoxy) is 1. The van der Waals surface area contributed by atoms with Crippen LogP contribution in [0.4, 0.5) is 0 Å². The van der Waals surface area contributed by atoms with Crippen LogP contribution in [-0.2, 0) is 4.79 Å². The molecule has 0 aliphatic heterocycles. The van der Waals surface area contributed by atoms with Crippen molar-refractivity contribution in [2.24, 2.45) is 0 Å². The van der Waals surface area contributed by atoms with Crippen molar-refractivity contribution >= 4 is 23.2 Å². The third-order valence-electron chi connectivity index (χ3n) is 3.45. The van der Waals surface area contributed by atoms with E-state index in [-0.39, 0.29) is 6.61 Å². The van der Waals surface area contributed by atoms with E-state index in [0.717, 1.165) is 10.6 Å². The summed E-state index contributed by atoms with van der Waals surface area (Å²) in [6.07, 6.45) is 0. The first kappa shape index (κ1) is 17.6. The molecule has 0 bridgehead atoms. The van der Waals surface area contributed by atoms with Crippen LogP contribution in [0, 0.1) is 6.92 Å². The quantitative estimate of drug-likeness (QED) is 0.680. The Morgan fingerprint density at radius 3 is 2.35 bits per heavy atom. The molecule has 0 unspecified atom stereocenters. The van der Waals surface area contributed by atoms with Crippen LogP contribution < -0.4 is 15.6 Å². The van der Waals surface area contributed by atoms with E-state index in [4.69, 9.17) is 4.74 Å². The lowest BCUT2D eigenvalue weighted by molar-refractivity contribution is -0.123. The summed E-state index contributed by atoms with van der Waals surface area (Å²) in [6, 6.07) is 18.6. The van der Waals surface area contributed by atoms with Crippen molar-refractivity contribution in [2.75, 3.05) is 6.61 Å². The molecule has 2 N–H and O–H groups in total. The summed E-state index contributed by atoms with van der Waals surface area (Å²) in [6.45, 7) is 1.57. The van der Waals surface area contributed by atoms with E-state index in [1.165, 1.54) is 11.3 Å². The molecule has 3 rings (SSSR count). The molecular weight excluding hydrogens is 350 g/mol. The summed E-state index contributed by atoms with van der Waals surface area (Å²) < 4.78 is 5.32. The third kappa shape index (κ3) is 4.46. The van der Waals surface area contributed by atoms with Crippen LogP contribution >= 0.6 is 11.3 Å². The van der Waals surface area contributed by atoms with Gasteiger partial charge in [-0.3, -0.25) is 20.4 Å². The monoisotopic (exact) mass is 367 g/mol. The fourth-order valence-electron chi connectivity index (χ4n) is 2.20. The molecule has 0 radical (unpaired) electrons. The van der Waals surface area contributed by atoms with Gasteiger partial charge in [0.05, 0.1) is 5.69 Å². The molecule has 0 saturated carbocycles. The lowest BCUT2D eigenvalue weighted by Gasteiger charge is -2.08. The zero-order chi connectivity index (χ0) is 18.4. The van der Waals surface area contributed by atoms with Gasteiger partial charge in [0.25, 0.3) is 11.8 Å². The number of para-hydroxylation sites is 1. The molecule has 0 saturated heterocycles. The number of rotatable bonds is 5. The van der Waals surface area contributed by atoms with Crippen LogP contribution in [-0.4, -0.2) is 23.4 Å². The molecule has 0 aliphatic carbocycles. The standard InChI is InChI=1S/C19H17N3O3S/c1-13-17(26-19(20-13)14-8-4-2-5-9-14)18(24)22-21-16(23)12-25-15-10-6-3-7-11-15/h2-11H,12H2,1H3,(H,21,23)(H,22,24). The number of nitrogens with zero attached hydrogens (tertiary/aromatic N) is 1. The Kier molecular flexibility index (Phi) is 5.60. The summed E-state index contributed by atoms with van der Waals surface area (Å²) in [5.41, 5.74) is 6.29. The molecule has 0 fully saturated rings. The fourth-order valence-corrected chi connectivity index (χ4v) is 3.16. The van der Waals surface area contributed by atoms with E-state index < -0.39 is 11.8 Å². The second-order valence-corrected chi connectivity index (χ2v) is 6.40. The zero-order valence-corrected chi connectivity index (χ0v) is 14.9. The highest BCUT2D eigenvalue weighted by Gasteiger charge is 2.16. The minimum atomic E-state index is -0.451. The maximum Gasteiger partial charge on any atom is 0.281 e. The van der Waals surface area contributed by atoms with Crippen molar-refractivity contribution < 1.29 is 14.3 Å². The van der Waals surface area contributed by atoms with Gasteiger partial charge in [0.15, 0.2) is 6.61 Å². The van der Waals surface area contributed by atoms with E-state index in [1.54, 1.807) is 19.1 Å². The van der Waals surface area contributed by atoms with Crippen LogP contribution in [0.3, 0.4) is 0 Å². The van der Waals surface area contributed by atoms with Gasteiger partial charge in [-0.1, -0.05) is 48.5 Å². The number of benzene rings is 2. The Bertz CT molecular complexity index is 895. The van der Waals surface area contributed by atoms with Gasteiger partial charge in [-0.05, 0) is 19.1 Å². The number of hydrazine groups is 1. The minimum absolute atomic E-state index is 0.193. The maximum absolute atomic E-state index is 12.3. The summed E-state index contributed by atoms with van der Waals surface area (Å²) in [5, 5.41) is 0.756. The minimum Gasteiger partial charge on any atom is -0.484 e. The maximum atomic E-state index is 12.3. The zero-order valence-electron chi connectivity index (χ0n) is 14.1. The second kappa shape index (κ2) is 8.26. The summed E-state index contributed by atoms with van der Waals surface area (Å²) in [4.78, 5) is 29.0. The van der Waals surface area contributed by atoms with Crippen LogP contribution in [0.15, 0.2) is 60.7 Å². The summed E-state index contributed by atoms with van der Waals surface area (Å²) in [7, 11) is 0. The van der Waals surface area contributed by atoms with E-state index in [0.29, 0.717) is 16.3 Å². The van der Waals surface area contributed by atoms with Gasteiger partial charge < -0.3 is 4.74 Å². The predicted molar refractivity (Wildman–Crippen MR) is 99.8 cm³/mol. The number of hydrogen-bond donors (Lipinski definition) is 2. The molecule has 6 nitrogen and oxygen atoms in total. The van der Waals surface area contributed by atoms with Gasteiger partial charge in [-0.15, -0.1) is 11.3 Å². The van der Waals surface area contributed by atoms with Gasteiger partial charge in [-0.25, -0.2) is 4.98 Å². The van der Waals surface area contributed by atoms with Crippen LogP contribution in [0.1, 0.15) is 15.4 Å². The second-order valence-electron chi connectivity index (χ2n) is 5.40. The molecule has 0 aliphatic rings. The number of thiazole rings is 1. The van der Waals surface area contributed by atoms with Gasteiger partial charge in [-0.2, -0.15) is 0 Å². The molecule has 2 amide bonds. The number of amides is 2. The Morgan fingerprint density at radius 1 is 1.00 bits per heavy atom. The highest BCUT2D eigenvalue weighted by atomic mass is 32.1. The van der Waals surface area contributed by atoms with Crippen LogP contribution in [0.2, 0.25) is 0 Å². The molecule has 0 spiro atoms. The van der Waals surface area contributed by atoms with E-state index in [9.17, 15) is 9.59 Å². The number of carbonyl (C=O) groups excluding carboxylic acids is 2. The molecule has 132 valence electrons. The van der Waals surface area contributed by atoms with Crippen molar-refractivity contribution in [1.29, 1.82) is 0 Å². The largest absolute Gasteiger partial charge is 0.484 e. The van der Waals surface area contributed by atoms with Crippen LogP contribution in [0.25, 0.3) is 10.6 Å². The Hall–Kier alpha value is -3.19. The number of hydrogen-bond acceptors (Lipinski definition) is 5. The Labute approximate surface area is 154 Å². The molecule has 2 aromatic carbocycles. The van der Waals surface area contributed by atoms with Crippen molar-refractivity contribution in [3.8, 4) is 16.3 Å². The van der Waals surface area contributed by atoms with Crippen molar-refractivity contribution in [3.05, 3.63) is 71.2 Å². The SMILES string of the molecule is Cc1nc(-c2ccccc2)sc1C(=O)NNC(=O)COc1ccccc1. The number of carbonyl (C=O) groups is 2. The van der Waals surface area contributed by atoms with Gasteiger partial charge in [0, 0.05) is 5.56 Å². The van der Waals surface area contributed by atoms with E-state index in [2.05, 4.69) is 15.8 Å². The lowest BCUT2D eigenvalue weighted by Crippen LogP contribution is -2.43. The van der Waals surface area contributed by atoms with Crippen LogP contribution in [0.5, 0.6) is 5.75 Å². The first-order chi connectivity index (χ1) is 12.6. The van der Waals surface area contributed by atoms with E-state index >= 15 is 0 Å². The number of aromatic nitrogens is 1. The molecule has 3 aromatic rings. The van der Waals surface area contributed by atoms with E-state index in [1.807, 2.05) is 48.5 Å². The van der Waals surface area contributed by atoms with Gasteiger partial charge in [0.1, 0.15) is 15.6 Å². The Balaban J connectivity index is 1.55.